The van der Waals surface area contributed by atoms with E-state index in [4.69, 9.17) is 4.74 Å². The molecule has 150 valence electrons. The molecule has 1 aromatic heterocycles. The first kappa shape index (κ1) is 19.7. The van der Waals surface area contributed by atoms with Crippen LogP contribution in [0.5, 0.6) is 5.75 Å². The number of methoxy groups -OCH3 is 1. The number of aromatic amines is 2. The fourth-order valence-corrected chi connectivity index (χ4v) is 3.55. The van der Waals surface area contributed by atoms with Gasteiger partial charge >= 0.3 is 5.69 Å². The van der Waals surface area contributed by atoms with Crippen molar-refractivity contribution in [3.63, 3.8) is 0 Å². The number of amides is 2. The third kappa shape index (κ3) is 4.82. The van der Waals surface area contributed by atoms with Crippen molar-refractivity contribution < 1.29 is 14.3 Å². The van der Waals surface area contributed by atoms with Crippen LogP contribution in [0.1, 0.15) is 41.7 Å². The highest BCUT2D eigenvalue weighted by molar-refractivity contribution is 5.92. The molecule has 0 unspecified atom stereocenters. The first-order valence-corrected chi connectivity index (χ1v) is 9.47. The second kappa shape index (κ2) is 8.77. The van der Waals surface area contributed by atoms with E-state index < -0.39 is 0 Å². The molecule has 2 aromatic rings. The minimum absolute atomic E-state index is 0.0355. The van der Waals surface area contributed by atoms with Gasteiger partial charge in [-0.25, -0.2) is 4.79 Å². The Kier molecular flexibility index (Phi) is 6.18. The van der Waals surface area contributed by atoms with Crippen molar-refractivity contribution in [2.75, 3.05) is 25.5 Å². The van der Waals surface area contributed by atoms with Gasteiger partial charge in [-0.3, -0.25) is 9.59 Å². The lowest BCUT2D eigenvalue weighted by molar-refractivity contribution is -0.116. The van der Waals surface area contributed by atoms with Crippen LogP contribution in [-0.4, -0.2) is 46.9 Å². The fraction of sp³-hybridized carbons (Fsp3) is 0.450. The van der Waals surface area contributed by atoms with Gasteiger partial charge in [-0.15, -0.1) is 0 Å². The number of nitrogens with one attached hydrogen (secondary N) is 3. The molecule has 8 heteroatoms. The summed E-state index contributed by atoms with van der Waals surface area (Å²) >= 11 is 0. The number of rotatable bonds is 6. The number of likely N-dealkylation sites (tertiary alicyclic amines) is 1. The molecular formula is C20H26N4O4. The van der Waals surface area contributed by atoms with E-state index in [0.29, 0.717) is 25.9 Å². The molecule has 2 amide bonds. The summed E-state index contributed by atoms with van der Waals surface area (Å²) in [5.41, 5.74) is 1.62. The van der Waals surface area contributed by atoms with Gasteiger partial charge in [0.05, 0.1) is 7.11 Å². The standard InChI is InChI=1S/C20H26N4O4/c1-13-10-15(28-2)6-7-16(13)22-18(25)8-5-14-4-3-9-24(12-14)19(26)17-11-21-20(27)23-17/h6-7,10-11,14H,3-5,8-9,12H2,1-2H3,(H,22,25)(H2,21,23,27)/t14-/m1/s1. The Morgan fingerprint density at radius 1 is 1.36 bits per heavy atom. The van der Waals surface area contributed by atoms with Gasteiger partial charge in [0, 0.05) is 31.4 Å². The highest BCUT2D eigenvalue weighted by Crippen LogP contribution is 2.24. The number of imidazole rings is 1. The van der Waals surface area contributed by atoms with Gasteiger partial charge in [-0.2, -0.15) is 0 Å². The van der Waals surface area contributed by atoms with E-state index in [-0.39, 0.29) is 29.1 Å². The van der Waals surface area contributed by atoms with Crippen molar-refractivity contribution >= 4 is 17.5 Å². The van der Waals surface area contributed by atoms with E-state index in [0.717, 1.165) is 29.8 Å². The zero-order valence-electron chi connectivity index (χ0n) is 16.2. The Labute approximate surface area is 163 Å². The minimum atomic E-state index is -0.387. The zero-order chi connectivity index (χ0) is 20.1. The lowest BCUT2D eigenvalue weighted by atomic mass is 9.93. The zero-order valence-corrected chi connectivity index (χ0v) is 16.2. The van der Waals surface area contributed by atoms with E-state index in [9.17, 15) is 14.4 Å². The molecule has 0 saturated carbocycles. The maximum Gasteiger partial charge on any atom is 0.323 e. The first-order valence-electron chi connectivity index (χ1n) is 9.47. The van der Waals surface area contributed by atoms with Crippen LogP contribution in [0.25, 0.3) is 0 Å². The van der Waals surface area contributed by atoms with Gasteiger partial charge in [-0.05, 0) is 55.9 Å². The molecule has 0 spiro atoms. The largest absolute Gasteiger partial charge is 0.497 e. The summed E-state index contributed by atoms with van der Waals surface area (Å²) in [6, 6.07) is 5.54. The second-order valence-corrected chi connectivity index (χ2v) is 7.18. The summed E-state index contributed by atoms with van der Waals surface area (Å²) in [7, 11) is 1.61. The van der Waals surface area contributed by atoms with Crippen LogP contribution in [0, 0.1) is 12.8 Å². The fourth-order valence-electron chi connectivity index (χ4n) is 3.55. The molecule has 28 heavy (non-hydrogen) atoms. The van der Waals surface area contributed by atoms with Crippen molar-refractivity contribution in [2.45, 2.75) is 32.6 Å². The average molecular weight is 386 g/mol. The summed E-state index contributed by atoms with van der Waals surface area (Å²) in [5, 5.41) is 2.94. The third-order valence-corrected chi connectivity index (χ3v) is 5.12. The number of hydrogen-bond acceptors (Lipinski definition) is 4. The Bertz CT molecular complexity index is 902. The van der Waals surface area contributed by atoms with Crippen molar-refractivity contribution in [1.82, 2.24) is 14.9 Å². The molecule has 1 aliphatic heterocycles. The van der Waals surface area contributed by atoms with Crippen LogP contribution in [-0.2, 0) is 4.79 Å². The van der Waals surface area contributed by atoms with Crippen LogP contribution >= 0.6 is 0 Å². The summed E-state index contributed by atoms with van der Waals surface area (Å²) in [6.45, 7) is 3.19. The van der Waals surface area contributed by atoms with Gasteiger partial charge in [-0.1, -0.05) is 0 Å². The quantitative estimate of drug-likeness (QED) is 0.708. The number of nitrogens with zero attached hydrogens (tertiary/aromatic N) is 1. The molecule has 1 saturated heterocycles. The molecule has 1 aromatic carbocycles. The normalized spacial score (nSPS) is 16.6. The monoisotopic (exact) mass is 386 g/mol. The van der Waals surface area contributed by atoms with Crippen molar-refractivity contribution in [3.05, 3.63) is 46.1 Å². The van der Waals surface area contributed by atoms with Crippen LogP contribution < -0.4 is 15.7 Å². The Balaban J connectivity index is 1.50. The number of hydrogen-bond donors (Lipinski definition) is 3. The van der Waals surface area contributed by atoms with Crippen molar-refractivity contribution in [3.8, 4) is 5.75 Å². The first-order chi connectivity index (χ1) is 13.5. The molecule has 0 radical (unpaired) electrons. The maximum atomic E-state index is 12.5. The summed E-state index contributed by atoms with van der Waals surface area (Å²) in [5.74, 6) is 0.811. The minimum Gasteiger partial charge on any atom is -0.497 e. The van der Waals surface area contributed by atoms with Crippen molar-refractivity contribution in [1.29, 1.82) is 0 Å². The predicted molar refractivity (Wildman–Crippen MR) is 106 cm³/mol. The number of aryl methyl sites for hydroxylation is 1. The SMILES string of the molecule is COc1ccc(NC(=O)CC[C@H]2CCCN(C(=O)c3c[nH]c(=O)[nH]3)C2)c(C)c1. The highest BCUT2D eigenvalue weighted by Gasteiger charge is 2.25. The van der Waals surface area contributed by atoms with Crippen LogP contribution in [0.15, 0.2) is 29.2 Å². The lowest BCUT2D eigenvalue weighted by Crippen LogP contribution is -2.40. The van der Waals surface area contributed by atoms with Gasteiger partial charge in [0.25, 0.3) is 5.91 Å². The molecular weight excluding hydrogens is 360 g/mol. The molecule has 1 aliphatic rings. The number of carbonyl (C=O) groups excluding carboxylic acids is 2. The van der Waals surface area contributed by atoms with Crippen LogP contribution in [0.2, 0.25) is 0 Å². The molecule has 8 nitrogen and oxygen atoms in total. The number of benzene rings is 1. The Morgan fingerprint density at radius 3 is 2.86 bits per heavy atom. The molecule has 0 bridgehead atoms. The van der Waals surface area contributed by atoms with E-state index >= 15 is 0 Å². The van der Waals surface area contributed by atoms with E-state index in [1.807, 2.05) is 25.1 Å². The van der Waals surface area contributed by atoms with E-state index in [1.54, 1.807) is 12.0 Å². The number of aromatic nitrogens is 2. The van der Waals surface area contributed by atoms with Crippen molar-refractivity contribution in [2.24, 2.45) is 5.92 Å². The maximum absolute atomic E-state index is 12.5. The van der Waals surface area contributed by atoms with E-state index in [1.165, 1.54) is 6.20 Å². The number of ether oxygens (including phenoxy) is 1. The number of anilines is 1. The Morgan fingerprint density at radius 2 is 2.18 bits per heavy atom. The topological polar surface area (TPSA) is 107 Å². The summed E-state index contributed by atoms with van der Waals surface area (Å²) in [4.78, 5) is 42.7. The van der Waals surface area contributed by atoms with Gasteiger partial charge in [0.15, 0.2) is 0 Å². The van der Waals surface area contributed by atoms with Gasteiger partial charge in [0.2, 0.25) is 5.91 Å². The van der Waals surface area contributed by atoms with E-state index in [2.05, 4.69) is 15.3 Å². The summed E-state index contributed by atoms with van der Waals surface area (Å²) < 4.78 is 5.18. The average Bonchev–Trinajstić information content (AvgIpc) is 3.14. The van der Waals surface area contributed by atoms with Crippen LogP contribution in [0.3, 0.4) is 0 Å². The Hall–Kier alpha value is -3.03. The molecule has 1 atom stereocenters. The highest BCUT2D eigenvalue weighted by atomic mass is 16.5. The molecule has 0 aliphatic carbocycles. The van der Waals surface area contributed by atoms with Gasteiger partial charge < -0.3 is 24.9 Å². The smallest absolute Gasteiger partial charge is 0.323 e. The lowest BCUT2D eigenvalue weighted by Gasteiger charge is -2.32. The predicted octanol–water partition coefficient (Wildman–Crippen LogP) is 2.29. The number of carbonyl (C=O) groups is 2. The number of H-pyrrole nitrogens is 2. The molecule has 2 heterocycles. The summed E-state index contributed by atoms with van der Waals surface area (Å²) in [6.07, 6.45) is 4.40. The number of piperidine rings is 1. The second-order valence-electron chi connectivity index (χ2n) is 7.18. The molecule has 3 N–H and O–H groups in total. The molecule has 3 rings (SSSR count). The van der Waals surface area contributed by atoms with Crippen LogP contribution in [0.4, 0.5) is 5.69 Å². The molecule has 1 fully saturated rings. The third-order valence-electron chi connectivity index (χ3n) is 5.12. The van der Waals surface area contributed by atoms with Gasteiger partial charge in [0.1, 0.15) is 11.4 Å².